The fourth-order valence-corrected chi connectivity index (χ4v) is 3.81. The molecule has 0 aliphatic heterocycles. The third-order valence-corrected chi connectivity index (χ3v) is 5.50. The number of rotatable bonds is 8. The summed E-state index contributed by atoms with van der Waals surface area (Å²) >= 11 is 0. The number of halogens is 8. The molecule has 3 rings (SSSR count). The van der Waals surface area contributed by atoms with Gasteiger partial charge in [0, 0.05) is 23.3 Å². The average Bonchev–Trinajstić information content (AvgIpc) is 2.81. The Kier molecular flexibility index (Phi) is 7.92. The molecular weight excluding hydrogens is 466 g/mol. The van der Waals surface area contributed by atoms with Crippen LogP contribution in [-0.2, 0) is 25.7 Å². The Morgan fingerprint density at radius 1 is 0.559 bits per heavy atom. The molecule has 0 atom stereocenters. The topological polar surface area (TPSA) is 23.8 Å². The van der Waals surface area contributed by atoms with E-state index in [1.807, 2.05) is 6.07 Å². The molecule has 0 heterocycles. The normalized spacial score (nSPS) is 11.0. The lowest BCUT2D eigenvalue weighted by molar-refractivity contribution is 0.437. The van der Waals surface area contributed by atoms with Crippen LogP contribution in [0.4, 0.5) is 35.1 Å². The van der Waals surface area contributed by atoms with Crippen molar-refractivity contribution < 1.29 is 35.1 Å². The minimum atomic E-state index is -1.50. The van der Waals surface area contributed by atoms with Gasteiger partial charge in [-0.15, -0.1) is 0 Å². The van der Waals surface area contributed by atoms with Crippen LogP contribution in [0.2, 0.25) is 0 Å². The lowest BCUT2D eigenvalue weighted by Crippen LogP contribution is -2.05. The second kappa shape index (κ2) is 10.7. The molecule has 0 aliphatic carbocycles. The van der Waals surface area contributed by atoms with E-state index in [2.05, 4.69) is 0 Å². The van der Waals surface area contributed by atoms with Crippen molar-refractivity contribution in [2.24, 2.45) is 0 Å². The number of hydrogen-bond donors (Lipinski definition) is 0. The predicted molar refractivity (Wildman–Crippen MR) is 108 cm³/mol. The van der Waals surface area contributed by atoms with Crippen molar-refractivity contribution in [3.8, 4) is 6.07 Å². The molecule has 9 heteroatoms. The molecule has 0 saturated heterocycles. The summed E-state index contributed by atoms with van der Waals surface area (Å²) in [6.45, 7) is 0. The quantitative estimate of drug-likeness (QED) is 0.250. The maximum absolute atomic E-state index is 13.8. The van der Waals surface area contributed by atoms with E-state index in [1.54, 1.807) is 18.2 Å². The van der Waals surface area contributed by atoms with Crippen LogP contribution in [0.15, 0.2) is 30.3 Å². The molecule has 0 fully saturated rings. The average molecular weight is 483 g/mol. The van der Waals surface area contributed by atoms with Crippen molar-refractivity contribution in [3.05, 3.63) is 105 Å². The van der Waals surface area contributed by atoms with E-state index in [0.29, 0.717) is 11.1 Å². The van der Waals surface area contributed by atoms with Crippen molar-refractivity contribution in [2.75, 3.05) is 0 Å². The molecule has 3 aromatic rings. The molecule has 3 aromatic carbocycles. The number of nitrogens with zero attached hydrogens (tertiary/aromatic N) is 1. The van der Waals surface area contributed by atoms with Gasteiger partial charge in [0.15, 0.2) is 46.5 Å². The van der Waals surface area contributed by atoms with Crippen LogP contribution in [0.1, 0.15) is 40.7 Å². The molecule has 1 nitrogen and oxygen atoms in total. The van der Waals surface area contributed by atoms with Gasteiger partial charge in [-0.1, -0.05) is 18.2 Å². The van der Waals surface area contributed by atoms with Gasteiger partial charge in [-0.2, -0.15) is 5.26 Å². The maximum Gasteiger partial charge on any atom is 0.165 e. The second-order valence-electron chi connectivity index (χ2n) is 7.66. The van der Waals surface area contributed by atoms with Crippen molar-refractivity contribution in [3.63, 3.8) is 0 Å². The van der Waals surface area contributed by atoms with E-state index in [4.69, 9.17) is 0 Å². The Morgan fingerprint density at radius 3 is 1.24 bits per heavy atom. The van der Waals surface area contributed by atoms with Gasteiger partial charge in [-0.05, 0) is 49.7 Å². The number of aryl methyl sites for hydroxylation is 2. The van der Waals surface area contributed by atoms with E-state index in [0.717, 1.165) is 0 Å². The van der Waals surface area contributed by atoms with E-state index in [9.17, 15) is 40.4 Å². The second-order valence-corrected chi connectivity index (χ2v) is 7.66. The van der Waals surface area contributed by atoms with Crippen LogP contribution >= 0.6 is 0 Å². The third kappa shape index (κ3) is 5.22. The fraction of sp³-hybridized carbons (Fsp3) is 0.240. The van der Waals surface area contributed by atoms with Crippen LogP contribution in [-0.4, -0.2) is 0 Å². The first-order valence-corrected chi connectivity index (χ1v) is 10.3. The minimum Gasteiger partial charge on any atom is -0.204 e. The lowest BCUT2D eigenvalue weighted by atomic mass is 9.93. The van der Waals surface area contributed by atoms with Crippen molar-refractivity contribution in [2.45, 2.75) is 38.5 Å². The van der Waals surface area contributed by atoms with Gasteiger partial charge >= 0.3 is 0 Å². The standard InChI is InChI=1S/C25H17F8N/c26-18-10-19(27)23(31)15(22(18)30)8-2-6-13-4-1-5-14(17(13)12-34)7-3-9-16-24(32)20(28)11-21(29)25(16)33/h1,4-5,10-11H,2-3,6-9H2. The Labute approximate surface area is 190 Å². The minimum absolute atomic E-state index is 0.0772. The summed E-state index contributed by atoms with van der Waals surface area (Å²) in [7, 11) is 0. The van der Waals surface area contributed by atoms with Crippen LogP contribution in [0, 0.1) is 57.9 Å². The Hall–Kier alpha value is -3.41. The zero-order chi connectivity index (χ0) is 25.0. The van der Waals surface area contributed by atoms with Crippen LogP contribution in [0.5, 0.6) is 0 Å². The molecule has 34 heavy (non-hydrogen) atoms. The number of benzene rings is 3. The fourth-order valence-electron chi connectivity index (χ4n) is 3.81. The van der Waals surface area contributed by atoms with E-state index in [-0.39, 0.29) is 56.2 Å². The predicted octanol–water partition coefficient (Wildman–Crippen LogP) is 7.02. The smallest absolute Gasteiger partial charge is 0.165 e. The largest absolute Gasteiger partial charge is 0.204 e. The van der Waals surface area contributed by atoms with Gasteiger partial charge in [0.05, 0.1) is 11.6 Å². The summed E-state index contributed by atoms with van der Waals surface area (Å²) in [4.78, 5) is 0. The molecule has 0 aliphatic rings. The highest BCUT2D eigenvalue weighted by Crippen LogP contribution is 2.25. The SMILES string of the molecule is N#Cc1c(CCCc2c(F)c(F)cc(F)c2F)cccc1CCCc1c(F)c(F)cc(F)c1F. The van der Waals surface area contributed by atoms with Gasteiger partial charge in [0.25, 0.3) is 0 Å². The van der Waals surface area contributed by atoms with Crippen LogP contribution < -0.4 is 0 Å². The Balaban J connectivity index is 1.70. The highest BCUT2D eigenvalue weighted by molar-refractivity contribution is 5.44. The third-order valence-electron chi connectivity index (χ3n) is 5.50. The van der Waals surface area contributed by atoms with Crippen LogP contribution in [0.3, 0.4) is 0 Å². The summed E-state index contributed by atoms with van der Waals surface area (Å²) < 4.78 is 109. The summed E-state index contributed by atoms with van der Waals surface area (Å²) in [5.74, 6) is -11.9. The van der Waals surface area contributed by atoms with Crippen LogP contribution in [0.25, 0.3) is 0 Å². The molecule has 0 aromatic heterocycles. The molecular formula is C25H17F8N. The van der Waals surface area contributed by atoms with Crippen molar-refractivity contribution in [1.29, 1.82) is 5.26 Å². The molecule has 0 N–H and O–H groups in total. The van der Waals surface area contributed by atoms with Crippen molar-refractivity contribution in [1.82, 2.24) is 0 Å². The van der Waals surface area contributed by atoms with E-state index in [1.165, 1.54) is 0 Å². The zero-order valence-corrected chi connectivity index (χ0v) is 17.6. The monoisotopic (exact) mass is 483 g/mol. The molecule has 0 amide bonds. The summed E-state index contributed by atoms with van der Waals surface area (Å²) in [5, 5.41) is 9.57. The molecule has 0 saturated carbocycles. The van der Waals surface area contributed by atoms with E-state index < -0.39 is 57.7 Å². The maximum atomic E-state index is 13.8. The highest BCUT2D eigenvalue weighted by atomic mass is 19.2. The van der Waals surface area contributed by atoms with Crippen molar-refractivity contribution >= 4 is 0 Å². The highest BCUT2D eigenvalue weighted by Gasteiger charge is 2.20. The van der Waals surface area contributed by atoms with E-state index >= 15 is 0 Å². The Morgan fingerprint density at radius 2 is 0.912 bits per heavy atom. The summed E-state index contributed by atoms with van der Waals surface area (Å²) in [6.07, 6.45) is -0.157. The molecule has 0 spiro atoms. The first-order valence-electron chi connectivity index (χ1n) is 10.3. The first kappa shape index (κ1) is 25.2. The van der Waals surface area contributed by atoms with Gasteiger partial charge in [0.1, 0.15) is 0 Å². The van der Waals surface area contributed by atoms with Gasteiger partial charge in [0.2, 0.25) is 0 Å². The lowest BCUT2D eigenvalue weighted by Gasteiger charge is -2.11. The zero-order valence-electron chi connectivity index (χ0n) is 17.6. The number of nitriles is 1. The van der Waals surface area contributed by atoms with Gasteiger partial charge < -0.3 is 0 Å². The molecule has 0 unspecified atom stereocenters. The van der Waals surface area contributed by atoms with Gasteiger partial charge in [-0.3, -0.25) is 0 Å². The molecule has 0 bridgehead atoms. The molecule has 178 valence electrons. The summed E-state index contributed by atoms with van der Waals surface area (Å²) in [5.41, 5.74) is -0.198. The van der Waals surface area contributed by atoms with Gasteiger partial charge in [-0.25, -0.2) is 35.1 Å². The number of hydrogen-bond acceptors (Lipinski definition) is 1. The first-order chi connectivity index (χ1) is 16.1. The Bertz CT molecular complexity index is 1120. The molecule has 0 radical (unpaired) electrons. The summed E-state index contributed by atoms with van der Waals surface area (Å²) in [6, 6.07) is 7.07.